The molecule has 1 aliphatic heterocycles. The number of aromatic nitrogens is 4. The van der Waals surface area contributed by atoms with Gasteiger partial charge < -0.3 is 10.2 Å². The van der Waals surface area contributed by atoms with E-state index in [1.807, 2.05) is 4.90 Å². The molecule has 26 heavy (non-hydrogen) atoms. The summed E-state index contributed by atoms with van der Waals surface area (Å²) in [6.07, 6.45) is -4.65. The van der Waals surface area contributed by atoms with Gasteiger partial charge in [0.2, 0.25) is 5.95 Å². The topological polar surface area (TPSA) is 58.4 Å². The molecule has 0 radical (unpaired) electrons. The summed E-state index contributed by atoms with van der Waals surface area (Å²) in [5, 5.41) is 7.43. The molecule has 1 saturated heterocycles. The van der Waals surface area contributed by atoms with E-state index in [2.05, 4.69) is 20.4 Å². The standard InChI is InChI=1S/C15H14F4N6.ClH/c1-8-21-13-10-6-9(15(17,18)19)7-11(16)12(10)22-14(25(13)23-8)24-4-2-20-3-5-24;/h6-7,20H,2-5H2,1H3;1H. The van der Waals surface area contributed by atoms with E-state index < -0.39 is 17.6 Å². The first-order valence-corrected chi connectivity index (χ1v) is 7.74. The van der Waals surface area contributed by atoms with Crippen molar-refractivity contribution in [2.24, 2.45) is 0 Å². The Balaban J connectivity index is 0.00000196. The number of piperazine rings is 1. The quantitative estimate of drug-likeness (QED) is 0.647. The molecule has 2 aromatic heterocycles. The van der Waals surface area contributed by atoms with Gasteiger partial charge in [-0.2, -0.15) is 17.7 Å². The van der Waals surface area contributed by atoms with Gasteiger partial charge in [0.05, 0.1) is 5.56 Å². The van der Waals surface area contributed by atoms with E-state index in [4.69, 9.17) is 0 Å². The largest absolute Gasteiger partial charge is 0.416 e. The van der Waals surface area contributed by atoms with Crippen molar-refractivity contribution < 1.29 is 17.6 Å². The highest BCUT2D eigenvalue weighted by Gasteiger charge is 2.32. The predicted molar refractivity (Wildman–Crippen MR) is 90.3 cm³/mol. The van der Waals surface area contributed by atoms with Gasteiger partial charge in [-0.3, -0.25) is 0 Å². The summed E-state index contributed by atoms with van der Waals surface area (Å²) in [5.41, 5.74) is -1.04. The number of alkyl halides is 3. The molecular formula is C15H15ClF4N6. The van der Waals surface area contributed by atoms with Crippen LogP contribution < -0.4 is 10.2 Å². The third kappa shape index (κ3) is 3.03. The van der Waals surface area contributed by atoms with Crippen molar-refractivity contribution in [1.29, 1.82) is 0 Å². The van der Waals surface area contributed by atoms with Gasteiger partial charge in [-0.15, -0.1) is 17.5 Å². The Labute approximate surface area is 151 Å². The smallest absolute Gasteiger partial charge is 0.338 e. The number of hydrogen-bond donors (Lipinski definition) is 1. The molecule has 3 heterocycles. The minimum absolute atomic E-state index is 0. The van der Waals surface area contributed by atoms with Crippen molar-refractivity contribution in [3.63, 3.8) is 0 Å². The van der Waals surface area contributed by atoms with Gasteiger partial charge >= 0.3 is 6.18 Å². The molecule has 0 saturated carbocycles. The first-order chi connectivity index (χ1) is 11.8. The minimum Gasteiger partial charge on any atom is -0.338 e. The van der Waals surface area contributed by atoms with Crippen molar-refractivity contribution in [2.75, 3.05) is 31.1 Å². The fourth-order valence-corrected chi connectivity index (χ4v) is 2.99. The second kappa shape index (κ2) is 6.51. The van der Waals surface area contributed by atoms with Crippen LogP contribution in [0.3, 0.4) is 0 Å². The lowest BCUT2D eigenvalue weighted by Crippen LogP contribution is -2.44. The van der Waals surface area contributed by atoms with Crippen LogP contribution in [0.25, 0.3) is 16.6 Å². The lowest BCUT2D eigenvalue weighted by atomic mass is 10.1. The average molecular weight is 391 g/mol. The summed E-state index contributed by atoms with van der Waals surface area (Å²) < 4.78 is 54.9. The van der Waals surface area contributed by atoms with Crippen LogP contribution in [0.1, 0.15) is 11.4 Å². The summed E-state index contributed by atoms with van der Waals surface area (Å²) in [7, 11) is 0. The van der Waals surface area contributed by atoms with Crippen LogP contribution in [-0.2, 0) is 6.18 Å². The zero-order chi connectivity index (χ0) is 17.8. The summed E-state index contributed by atoms with van der Waals surface area (Å²) in [6.45, 7) is 4.35. The van der Waals surface area contributed by atoms with E-state index in [1.165, 1.54) is 4.52 Å². The van der Waals surface area contributed by atoms with Gasteiger partial charge in [0.25, 0.3) is 0 Å². The number of nitrogens with one attached hydrogen (secondary N) is 1. The molecule has 1 fully saturated rings. The first kappa shape index (κ1) is 18.6. The van der Waals surface area contributed by atoms with Crippen molar-refractivity contribution in [3.05, 3.63) is 29.3 Å². The second-order valence-corrected chi connectivity index (χ2v) is 5.90. The number of halogens is 5. The Morgan fingerprint density at radius 1 is 1.12 bits per heavy atom. The van der Waals surface area contributed by atoms with Crippen LogP contribution in [0.5, 0.6) is 0 Å². The lowest BCUT2D eigenvalue weighted by molar-refractivity contribution is -0.137. The molecule has 6 nitrogen and oxygen atoms in total. The molecule has 0 amide bonds. The van der Waals surface area contributed by atoms with Gasteiger partial charge in [0.1, 0.15) is 17.2 Å². The maximum Gasteiger partial charge on any atom is 0.416 e. The fraction of sp³-hybridized carbons (Fsp3) is 0.400. The molecule has 1 aromatic carbocycles. The van der Waals surface area contributed by atoms with Crippen molar-refractivity contribution >= 4 is 34.9 Å². The Morgan fingerprint density at radius 2 is 1.81 bits per heavy atom. The summed E-state index contributed by atoms with van der Waals surface area (Å²) >= 11 is 0. The van der Waals surface area contributed by atoms with E-state index in [0.29, 0.717) is 30.9 Å². The lowest BCUT2D eigenvalue weighted by Gasteiger charge is -2.28. The number of hydrogen-bond acceptors (Lipinski definition) is 5. The van der Waals surface area contributed by atoms with Crippen molar-refractivity contribution in [3.8, 4) is 0 Å². The first-order valence-electron chi connectivity index (χ1n) is 7.74. The Bertz CT molecular complexity index is 964. The third-order valence-electron chi connectivity index (χ3n) is 4.15. The van der Waals surface area contributed by atoms with Gasteiger partial charge in [-0.05, 0) is 19.1 Å². The summed E-state index contributed by atoms with van der Waals surface area (Å²) in [4.78, 5) is 10.4. The molecule has 1 aliphatic rings. The SMILES string of the molecule is Cc1nc2c3cc(C(F)(F)F)cc(F)c3nc(N3CCNCC3)n2n1.Cl. The van der Waals surface area contributed by atoms with Gasteiger partial charge in [0, 0.05) is 31.6 Å². The Hall–Kier alpha value is -2.20. The fourth-order valence-electron chi connectivity index (χ4n) is 2.99. The highest BCUT2D eigenvalue weighted by molar-refractivity contribution is 5.93. The van der Waals surface area contributed by atoms with Gasteiger partial charge in [-0.1, -0.05) is 0 Å². The zero-order valence-corrected chi connectivity index (χ0v) is 14.5. The highest BCUT2D eigenvalue weighted by Crippen LogP contribution is 2.34. The normalized spacial score (nSPS) is 15.5. The monoisotopic (exact) mass is 390 g/mol. The summed E-state index contributed by atoms with van der Waals surface area (Å²) in [6, 6.07) is 1.34. The molecule has 0 unspecified atom stereocenters. The van der Waals surface area contributed by atoms with E-state index in [0.717, 1.165) is 19.2 Å². The molecule has 0 aliphatic carbocycles. The number of rotatable bonds is 1. The third-order valence-corrected chi connectivity index (χ3v) is 4.15. The van der Waals surface area contributed by atoms with Crippen LogP contribution >= 0.6 is 12.4 Å². The minimum atomic E-state index is -4.65. The van der Waals surface area contributed by atoms with Crippen molar-refractivity contribution in [1.82, 2.24) is 24.9 Å². The van der Waals surface area contributed by atoms with E-state index in [9.17, 15) is 17.6 Å². The zero-order valence-electron chi connectivity index (χ0n) is 13.6. The van der Waals surface area contributed by atoms with E-state index >= 15 is 0 Å². The van der Waals surface area contributed by atoms with E-state index in [-0.39, 0.29) is 29.0 Å². The number of aryl methyl sites for hydroxylation is 1. The van der Waals surface area contributed by atoms with Crippen LogP contribution in [-0.4, -0.2) is 45.8 Å². The number of anilines is 1. The molecular weight excluding hydrogens is 376 g/mol. The van der Waals surface area contributed by atoms with Gasteiger partial charge in [0.15, 0.2) is 5.65 Å². The number of benzene rings is 1. The van der Waals surface area contributed by atoms with Crippen LogP contribution in [0.15, 0.2) is 12.1 Å². The molecule has 140 valence electrons. The molecule has 11 heteroatoms. The Morgan fingerprint density at radius 3 is 2.46 bits per heavy atom. The number of nitrogens with zero attached hydrogens (tertiary/aromatic N) is 5. The number of fused-ring (bicyclic) bond motifs is 3. The van der Waals surface area contributed by atoms with Gasteiger partial charge in [-0.25, -0.2) is 14.4 Å². The highest BCUT2D eigenvalue weighted by atomic mass is 35.5. The Kier molecular flexibility index (Phi) is 4.65. The maximum absolute atomic E-state index is 14.4. The van der Waals surface area contributed by atoms with Crippen LogP contribution in [0, 0.1) is 12.7 Å². The van der Waals surface area contributed by atoms with Crippen molar-refractivity contribution in [2.45, 2.75) is 13.1 Å². The molecule has 0 spiro atoms. The maximum atomic E-state index is 14.4. The van der Waals surface area contributed by atoms with Crippen LogP contribution in [0.2, 0.25) is 0 Å². The molecule has 1 N–H and O–H groups in total. The average Bonchev–Trinajstić information content (AvgIpc) is 2.96. The van der Waals surface area contributed by atoms with E-state index in [1.54, 1.807) is 6.92 Å². The molecule has 0 atom stereocenters. The predicted octanol–water partition coefficient (Wildman–Crippen LogP) is 2.58. The van der Waals surface area contributed by atoms with Crippen LogP contribution in [0.4, 0.5) is 23.5 Å². The molecule has 3 aromatic rings. The summed E-state index contributed by atoms with van der Waals surface area (Å²) in [5.74, 6) is -0.267. The molecule has 4 rings (SSSR count). The molecule has 0 bridgehead atoms. The second-order valence-electron chi connectivity index (χ2n) is 5.90.